The summed E-state index contributed by atoms with van der Waals surface area (Å²) in [5, 5.41) is 12.5. The van der Waals surface area contributed by atoms with Crippen molar-refractivity contribution in [2.75, 3.05) is 29.9 Å². The predicted molar refractivity (Wildman–Crippen MR) is 112 cm³/mol. The average molecular weight is 443 g/mol. The zero-order valence-corrected chi connectivity index (χ0v) is 17.0. The SMILES string of the molecule is C[C@H]1COc2c(N3CC[C@@H](Nc4ncc(F)cn4)C3)c(F)cc3c(=O)c(C(=O)O)cn1c23. The molecule has 1 aromatic carbocycles. The molecule has 2 aromatic heterocycles. The Kier molecular flexibility index (Phi) is 4.68. The Morgan fingerprint density at radius 2 is 2.06 bits per heavy atom. The smallest absolute Gasteiger partial charge is 0.341 e. The van der Waals surface area contributed by atoms with Crippen molar-refractivity contribution in [1.29, 1.82) is 0 Å². The van der Waals surface area contributed by atoms with Gasteiger partial charge in [0, 0.05) is 25.3 Å². The molecule has 4 heterocycles. The predicted octanol–water partition coefficient (Wildman–Crippen LogP) is 2.41. The maximum absolute atomic E-state index is 15.3. The van der Waals surface area contributed by atoms with Gasteiger partial charge in [-0.25, -0.2) is 23.5 Å². The first kappa shape index (κ1) is 20.2. The third-order valence-corrected chi connectivity index (χ3v) is 5.83. The minimum atomic E-state index is -1.36. The Morgan fingerprint density at radius 3 is 2.78 bits per heavy atom. The fourth-order valence-electron chi connectivity index (χ4n) is 4.31. The van der Waals surface area contributed by atoms with Gasteiger partial charge in [0.2, 0.25) is 11.4 Å². The molecule has 166 valence electrons. The lowest BCUT2D eigenvalue weighted by Crippen LogP contribution is -2.30. The first-order valence-corrected chi connectivity index (χ1v) is 10.1. The van der Waals surface area contributed by atoms with Crippen LogP contribution in [0.15, 0.2) is 29.5 Å². The van der Waals surface area contributed by atoms with E-state index >= 15 is 4.39 Å². The summed E-state index contributed by atoms with van der Waals surface area (Å²) in [4.78, 5) is 33.8. The van der Waals surface area contributed by atoms with Crippen LogP contribution in [0.3, 0.4) is 0 Å². The van der Waals surface area contributed by atoms with E-state index in [4.69, 9.17) is 4.74 Å². The Labute approximate surface area is 180 Å². The number of nitrogens with zero attached hydrogens (tertiary/aromatic N) is 4. The third kappa shape index (κ3) is 3.20. The average Bonchev–Trinajstić information content (AvgIpc) is 3.21. The minimum Gasteiger partial charge on any atom is -0.487 e. The molecule has 0 unspecified atom stereocenters. The molecule has 0 radical (unpaired) electrons. The molecule has 9 nitrogen and oxygen atoms in total. The van der Waals surface area contributed by atoms with Crippen LogP contribution >= 0.6 is 0 Å². The van der Waals surface area contributed by atoms with Crippen molar-refractivity contribution in [2.24, 2.45) is 0 Å². The lowest BCUT2D eigenvalue weighted by Gasteiger charge is -2.31. The van der Waals surface area contributed by atoms with Crippen molar-refractivity contribution in [3.05, 3.63) is 52.1 Å². The van der Waals surface area contributed by atoms with Gasteiger partial charge in [0.15, 0.2) is 17.4 Å². The molecule has 3 aromatic rings. The number of pyridine rings is 1. The highest BCUT2D eigenvalue weighted by Gasteiger charge is 2.33. The van der Waals surface area contributed by atoms with Crippen LogP contribution < -0.4 is 20.4 Å². The first-order valence-electron chi connectivity index (χ1n) is 10.1. The molecule has 5 rings (SSSR count). The Balaban J connectivity index is 1.55. The molecule has 2 aliphatic heterocycles. The first-order chi connectivity index (χ1) is 15.3. The number of aromatic carboxylic acids is 1. The molecule has 2 atom stereocenters. The quantitative estimate of drug-likeness (QED) is 0.633. The van der Waals surface area contributed by atoms with Crippen LogP contribution in [0.4, 0.5) is 20.4 Å². The normalized spacial score (nSPS) is 19.8. The lowest BCUT2D eigenvalue weighted by atomic mass is 10.1. The van der Waals surface area contributed by atoms with Gasteiger partial charge in [-0.05, 0) is 19.4 Å². The molecule has 0 bridgehead atoms. The van der Waals surface area contributed by atoms with Gasteiger partial charge in [-0.2, -0.15) is 0 Å². The third-order valence-electron chi connectivity index (χ3n) is 5.83. The fourth-order valence-corrected chi connectivity index (χ4v) is 4.31. The number of aromatic nitrogens is 3. The molecule has 1 fully saturated rings. The number of carboxylic acids is 1. The van der Waals surface area contributed by atoms with Crippen molar-refractivity contribution < 1.29 is 23.4 Å². The Morgan fingerprint density at radius 1 is 1.31 bits per heavy atom. The lowest BCUT2D eigenvalue weighted by molar-refractivity contribution is 0.0694. The highest BCUT2D eigenvalue weighted by atomic mass is 19.1. The van der Waals surface area contributed by atoms with Crippen molar-refractivity contribution in [3.8, 4) is 5.75 Å². The van der Waals surface area contributed by atoms with E-state index in [0.717, 1.165) is 18.5 Å². The molecule has 1 saturated heterocycles. The van der Waals surface area contributed by atoms with E-state index in [9.17, 15) is 19.1 Å². The van der Waals surface area contributed by atoms with E-state index in [0.29, 0.717) is 25.0 Å². The van der Waals surface area contributed by atoms with Crippen LogP contribution in [0.5, 0.6) is 5.75 Å². The minimum absolute atomic E-state index is 0.0266. The second kappa shape index (κ2) is 7.43. The maximum atomic E-state index is 15.3. The molecule has 2 aliphatic rings. The standard InChI is InChI=1S/C21H19F2N5O4/c1-10-9-32-19-16-13(18(29)14(20(30)31)8-28(10)16)4-15(23)17(19)27-3-2-12(7-27)26-21-24-5-11(22)6-25-21/h4-6,8,10,12H,2-3,7,9H2,1H3,(H,30,31)(H,24,25,26)/t10-,12+/m0/s1. The summed E-state index contributed by atoms with van der Waals surface area (Å²) in [5.41, 5.74) is -0.546. The number of anilines is 2. The van der Waals surface area contributed by atoms with Gasteiger partial charge in [0.1, 0.15) is 17.9 Å². The van der Waals surface area contributed by atoms with E-state index in [-0.39, 0.29) is 41.5 Å². The van der Waals surface area contributed by atoms with E-state index in [1.165, 1.54) is 6.20 Å². The van der Waals surface area contributed by atoms with Crippen LogP contribution in [0, 0.1) is 11.6 Å². The van der Waals surface area contributed by atoms with Gasteiger partial charge in [-0.15, -0.1) is 0 Å². The van der Waals surface area contributed by atoms with E-state index in [2.05, 4.69) is 15.3 Å². The van der Waals surface area contributed by atoms with Crippen molar-refractivity contribution in [3.63, 3.8) is 0 Å². The van der Waals surface area contributed by atoms with Crippen molar-refractivity contribution >= 4 is 28.5 Å². The summed E-state index contributed by atoms with van der Waals surface area (Å²) >= 11 is 0. The van der Waals surface area contributed by atoms with E-state index in [1.807, 2.05) is 6.92 Å². The fraction of sp³-hybridized carbons (Fsp3) is 0.333. The monoisotopic (exact) mass is 443 g/mol. The summed E-state index contributed by atoms with van der Waals surface area (Å²) in [5.74, 6) is -2.05. The van der Waals surface area contributed by atoms with Crippen LogP contribution in [-0.4, -0.2) is 51.3 Å². The number of carboxylic acid groups (broad SMARTS) is 1. The van der Waals surface area contributed by atoms with E-state index in [1.54, 1.807) is 9.47 Å². The molecule has 0 saturated carbocycles. The molecule has 0 amide bonds. The van der Waals surface area contributed by atoms with Gasteiger partial charge >= 0.3 is 5.97 Å². The molecular weight excluding hydrogens is 424 g/mol. The number of hydrogen-bond donors (Lipinski definition) is 2. The summed E-state index contributed by atoms with van der Waals surface area (Å²) < 4.78 is 35.9. The molecule has 2 N–H and O–H groups in total. The van der Waals surface area contributed by atoms with Gasteiger partial charge in [-0.1, -0.05) is 0 Å². The van der Waals surface area contributed by atoms with Gasteiger partial charge in [0.05, 0.1) is 29.3 Å². The molecule has 0 aliphatic carbocycles. The summed E-state index contributed by atoms with van der Waals surface area (Å²) in [7, 11) is 0. The number of rotatable bonds is 4. The zero-order valence-electron chi connectivity index (χ0n) is 17.0. The van der Waals surface area contributed by atoms with Crippen LogP contribution in [-0.2, 0) is 0 Å². The zero-order chi connectivity index (χ0) is 22.6. The van der Waals surface area contributed by atoms with Crippen molar-refractivity contribution in [2.45, 2.75) is 25.4 Å². The van der Waals surface area contributed by atoms with Crippen LogP contribution in [0.25, 0.3) is 10.9 Å². The van der Waals surface area contributed by atoms with Gasteiger partial charge in [-0.3, -0.25) is 4.79 Å². The number of benzene rings is 1. The highest BCUT2D eigenvalue weighted by molar-refractivity contribution is 5.97. The Hall–Kier alpha value is -3.76. The number of carbonyl (C=O) groups is 1. The second-order valence-electron chi connectivity index (χ2n) is 7.98. The number of ether oxygens (including phenoxy) is 1. The molecule has 11 heteroatoms. The second-order valence-corrected chi connectivity index (χ2v) is 7.98. The number of hydrogen-bond acceptors (Lipinski definition) is 7. The summed E-state index contributed by atoms with van der Waals surface area (Å²) in [6, 6.07) is 0.748. The number of nitrogens with one attached hydrogen (secondary N) is 1. The van der Waals surface area contributed by atoms with Crippen LogP contribution in [0.2, 0.25) is 0 Å². The Bertz CT molecular complexity index is 1290. The molecular formula is C21H19F2N5O4. The number of halogens is 2. The van der Waals surface area contributed by atoms with Crippen molar-refractivity contribution in [1.82, 2.24) is 14.5 Å². The molecule has 32 heavy (non-hydrogen) atoms. The largest absolute Gasteiger partial charge is 0.487 e. The highest BCUT2D eigenvalue weighted by Crippen LogP contribution is 2.42. The van der Waals surface area contributed by atoms with Gasteiger partial charge in [0.25, 0.3) is 0 Å². The van der Waals surface area contributed by atoms with E-state index < -0.39 is 28.6 Å². The van der Waals surface area contributed by atoms with Gasteiger partial charge < -0.3 is 24.6 Å². The van der Waals surface area contributed by atoms with Crippen LogP contribution in [0.1, 0.15) is 29.7 Å². The molecule has 0 spiro atoms. The summed E-state index contributed by atoms with van der Waals surface area (Å²) in [6.45, 7) is 2.95. The topological polar surface area (TPSA) is 110 Å². The summed E-state index contributed by atoms with van der Waals surface area (Å²) in [6.07, 6.45) is 4.08. The maximum Gasteiger partial charge on any atom is 0.341 e.